The molecular formula is C23H29N5OS. The van der Waals surface area contributed by atoms with Crippen molar-refractivity contribution < 1.29 is 4.79 Å². The minimum Gasteiger partial charge on any atom is -0.298 e. The molecule has 3 aromatic rings. The van der Waals surface area contributed by atoms with E-state index in [9.17, 15) is 4.79 Å². The Hall–Kier alpha value is -2.51. The summed E-state index contributed by atoms with van der Waals surface area (Å²) in [5, 5.41) is 10.2. The molecule has 1 aliphatic rings. The summed E-state index contributed by atoms with van der Waals surface area (Å²) in [7, 11) is 1.94. The van der Waals surface area contributed by atoms with Gasteiger partial charge in [0.15, 0.2) is 5.13 Å². The lowest BCUT2D eigenvalue weighted by Crippen LogP contribution is -2.23. The van der Waals surface area contributed by atoms with Gasteiger partial charge in [-0.2, -0.15) is 5.10 Å². The van der Waals surface area contributed by atoms with Gasteiger partial charge in [0.05, 0.1) is 17.4 Å². The topological polar surface area (TPSA) is 63.0 Å². The first-order chi connectivity index (χ1) is 14.3. The van der Waals surface area contributed by atoms with Crippen LogP contribution in [0.15, 0.2) is 41.9 Å². The maximum atomic E-state index is 12.6. The number of aromatic nitrogens is 3. The number of carbonyl (C=O) groups excluding carboxylic acids is 1. The smallest absolute Gasteiger partial charge is 0.257 e. The van der Waals surface area contributed by atoms with Crippen LogP contribution in [0.4, 0.5) is 5.13 Å². The Morgan fingerprint density at radius 1 is 1.23 bits per heavy atom. The number of anilines is 1. The van der Waals surface area contributed by atoms with Crippen molar-refractivity contribution in [3.05, 3.63) is 64.4 Å². The maximum absolute atomic E-state index is 12.6. The zero-order valence-electron chi connectivity index (χ0n) is 18.1. The molecule has 2 aromatic heterocycles. The number of carbonyl (C=O) groups is 1. The van der Waals surface area contributed by atoms with Crippen LogP contribution in [-0.4, -0.2) is 32.1 Å². The van der Waals surface area contributed by atoms with Crippen LogP contribution in [0.5, 0.6) is 0 Å². The molecule has 1 aromatic carbocycles. The normalized spacial score (nSPS) is 17.4. The molecule has 1 atom stereocenters. The lowest BCUT2D eigenvalue weighted by molar-refractivity contribution is 0.102. The van der Waals surface area contributed by atoms with Crippen molar-refractivity contribution in [3.8, 4) is 0 Å². The highest BCUT2D eigenvalue weighted by atomic mass is 32.1. The molecule has 1 N–H and O–H groups in total. The second-order valence-electron chi connectivity index (χ2n) is 8.97. The fraction of sp³-hybridized carbons (Fsp3) is 0.435. The van der Waals surface area contributed by atoms with Crippen LogP contribution >= 0.6 is 11.3 Å². The number of rotatable bonds is 5. The molecule has 0 bridgehead atoms. The number of amides is 1. The van der Waals surface area contributed by atoms with E-state index in [0.29, 0.717) is 10.7 Å². The van der Waals surface area contributed by atoms with E-state index in [-0.39, 0.29) is 17.4 Å². The van der Waals surface area contributed by atoms with Crippen LogP contribution < -0.4 is 5.32 Å². The van der Waals surface area contributed by atoms with Gasteiger partial charge in [0.25, 0.3) is 5.91 Å². The van der Waals surface area contributed by atoms with E-state index in [0.717, 1.165) is 37.3 Å². The Morgan fingerprint density at radius 3 is 2.67 bits per heavy atom. The fourth-order valence-electron chi connectivity index (χ4n) is 3.89. The van der Waals surface area contributed by atoms with Gasteiger partial charge in [-0.25, -0.2) is 4.98 Å². The van der Waals surface area contributed by atoms with Crippen LogP contribution in [0.3, 0.4) is 0 Å². The number of thiazole rings is 1. The maximum Gasteiger partial charge on any atom is 0.257 e. The summed E-state index contributed by atoms with van der Waals surface area (Å²) in [5.41, 5.74) is 4.04. The van der Waals surface area contributed by atoms with Gasteiger partial charge in [0.2, 0.25) is 0 Å². The predicted octanol–water partition coefficient (Wildman–Crippen LogP) is 4.76. The molecule has 1 unspecified atom stereocenters. The van der Waals surface area contributed by atoms with Gasteiger partial charge in [-0.15, -0.1) is 11.3 Å². The Bertz CT molecular complexity index is 1010. The van der Waals surface area contributed by atoms with E-state index in [1.807, 2.05) is 42.2 Å². The summed E-state index contributed by atoms with van der Waals surface area (Å²) in [6.45, 7) is 8.36. The molecule has 0 spiro atoms. The highest BCUT2D eigenvalue weighted by Gasteiger charge is 2.28. The van der Waals surface area contributed by atoms with Crippen molar-refractivity contribution in [2.75, 3.05) is 11.9 Å². The molecule has 1 amide bonds. The summed E-state index contributed by atoms with van der Waals surface area (Å²) >= 11 is 1.49. The lowest BCUT2D eigenvalue weighted by Gasteiger charge is -2.21. The lowest BCUT2D eigenvalue weighted by atomic mass is 9.87. The van der Waals surface area contributed by atoms with Gasteiger partial charge >= 0.3 is 0 Å². The van der Waals surface area contributed by atoms with Crippen LogP contribution in [0.25, 0.3) is 0 Å². The molecule has 7 heteroatoms. The largest absolute Gasteiger partial charge is 0.298 e. The summed E-state index contributed by atoms with van der Waals surface area (Å²) < 4.78 is 1.84. The first-order valence-electron chi connectivity index (χ1n) is 10.4. The highest BCUT2D eigenvalue weighted by molar-refractivity contribution is 7.14. The first-order valence-corrected chi connectivity index (χ1v) is 11.3. The van der Waals surface area contributed by atoms with E-state index in [1.54, 1.807) is 0 Å². The highest BCUT2D eigenvalue weighted by Crippen LogP contribution is 2.34. The molecule has 1 saturated heterocycles. The van der Waals surface area contributed by atoms with E-state index >= 15 is 0 Å². The minimum atomic E-state index is -0.117. The van der Waals surface area contributed by atoms with Crippen molar-refractivity contribution in [1.82, 2.24) is 19.7 Å². The van der Waals surface area contributed by atoms with Gasteiger partial charge < -0.3 is 0 Å². The monoisotopic (exact) mass is 423 g/mol. The van der Waals surface area contributed by atoms with Gasteiger partial charge in [-0.3, -0.25) is 19.7 Å². The van der Waals surface area contributed by atoms with Crippen molar-refractivity contribution in [2.45, 2.75) is 51.6 Å². The third-order valence-electron chi connectivity index (χ3n) is 5.59. The van der Waals surface area contributed by atoms with Crippen molar-refractivity contribution >= 4 is 22.4 Å². The van der Waals surface area contributed by atoms with Crippen LogP contribution in [0.1, 0.15) is 67.0 Å². The van der Waals surface area contributed by atoms with Crippen molar-refractivity contribution in [2.24, 2.45) is 7.05 Å². The Balaban J connectivity index is 1.41. The minimum absolute atomic E-state index is 0.0711. The third-order valence-corrected chi connectivity index (χ3v) is 6.37. The molecule has 1 fully saturated rings. The average molecular weight is 424 g/mol. The van der Waals surface area contributed by atoms with Crippen LogP contribution in [-0.2, 0) is 19.0 Å². The zero-order chi connectivity index (χ0) is 21.3. The van der Waals surface area contributed by atoms with E-state index < -0.39 is 0 Å². The van der Waals surface area contributed by atoms with Crippen molar-refractivity contribution in [3.63, 3.8) is 0 Å². The van der Waals surface area contributed by atoms with E-state index in [4.69, 9.17) is 4.98 Å². The molecule has 3 heterocycles. The number of nitrogens with one attached hydrogen (secondary N) is 1. The molecule has 30 heavy (non-hydrogen) atoms. The summed E-state index contributed by atoms with van der Waals surface area (Å²) in [5.74, 6) is -0.117. The average Bonchev–Trinajstić information content (AvgIpc) is 3.43. The second-order valence-corrected chi connectivity index (χ2v) is 9.83. The molecule has 158 valence electrons. The van der Waals surface area contributed by atoms with E-state index in [2.05, 4.69) is 47.5 Å². The summed E-state index contributed by atoms with van der Waals surface area (Å²) in [6, 6.07) is 10.2. The summed E-state index contributed by atoms with van der Waals surface area (Å²) in [4.78, 5) is 19.8. The van der Waals surface area contributed by atoms with Gasteiger partial charge in [0.1, 0.15) is 0 Å². The molecule has 0 radical (unpaired) electrons. The first kappa shape index (κ1) is 20.8. The number of nitrogens with zero attached hydrogens (tertiary/aromatic N) is 4. The van der Waals surface area contributed by atoms with Crippen LogP contribution in [0.2, 0.25) is 0 Å². The van der Waals surface area contributed by atoms with Gasteiger partial charge in [0, 0.05) is 30.7 Å². The molecule has 0 saturated carbocycles. The standard InChI is InChI=1S/C23H29N5OS/c1-23(2,3)17-9-7-16(8-10-17)21(29)25-22-24-19(15-30-22)20-6-5-12-28(20)14-18-11-13-27(4)26-18/h7-11,13,15,20H,5-6,12,14H2,1-4H3,(H,24,25,29). The van der Waals surface area contributed by atoms with Crippen LogP contribution in [0, 0.1) is 0 Å². The molecule has 0 aliphatic carbocycles. The number of hydrogen-bond acceptors (Lipinski definition) is 5. The SMILES string of the molecule is Cn1ccc(CN2CCCC2c2csc(NC(=O)c3ccc(C(C)(C)C)cc3)n2)n1. The predicted molar refractivity (Wildman–Crippen MR) is 121 cm³/mol. The van der Waals surface area contributed by atoms with Gasteiger partial charge in [-0.1, -0.05) is 32.9 Å². The quantitative estimate of drug-likeness (QED) is 0.642. The Labute approximate surface area is 181 Å². The molecule has 1 aliphatic heterocycles. The molecular weight excluding hydrogens is 394 g/mol. The second kappa shape index (κ2) is 8.32. The number of aryl methyl sites for hydroxylation is 1. The third kappa shape index (κ3) is 4.63. The molecule has 6 nitrogen and oxygen atoms in total. The van der Waals surface area contributed by atoms with Crippen molar-refractivity contribution in [1.29, 1.82) is 0 Å². The summed E-state index contributed by atoms with van der Waals surface area (Å²) in [6.07, 6.45) is 4.21. The number of hydrogen-bond donors (Lipinski definition) is 1. The molecule has 4 rings (SSSR count). The number of benzene rings is 1. The van der Waals surface area contributed by atoms with Gasteiger partial charge in [-0.05, 0) is 48.6 Å². The fourth-order valence-corrected chi connectivity index (χ4v) is 4.65. The van der Waals surface area contributed by atoms with E-state index in [1.165, 1.54) is 16.9 Å². The Morgan fingerprint density at radius 2 is 2.00 bits per heavy atom. The number of likely N-dealkylation sites (tertiary alicyclic amines) is 1. The Kier molecular flexibility index (Phi) is 5.75. The zero-order valence-corrected chi connectivity index (χ0v) is 18.9.